The molecule has 1 fully saturated rings. The van der Waals surface area contributed by atoms with Gasteiger partial charge in [0.05, 0.1) is 17.5 Å². The number of hydrogen-bond donors (Lipinski definition) is 1. The average molecular weight is 530 g/mol. The summed E-state index contributed by atoms with van der Waals surface area (Å²) in [5, 5.41) is 4.19. The number of benzene rings is 2. The van der Waals surface area contributed by atoms with Crippen LogP contribution >= 0.6 is 10.8 Å². The summed E-state index contributed by atoms with van der Waals surface area (Å²) in [6.07, 6.45) is 3.12. The Kier molecular flexibility index (Phi) is 6.73. The van der Waals surface area contributed by atoms with Crippen LogP contribution in [-0.4, -0.2) is 56.7 Å². The van der Waals surface area contributed by atoms with Gasteiger partial charge >= 0.3 is 0 Å². The summed E-state index contributed by atoms with van der Waals surface area (Å²) in [6.45, 7) is 3.35. The first kappa shape index (κ1) is 24.3. The number of aromatic nitrogens is 3. The molecule has 2 aromatic carbocycles. The first-order chi connectivity index (χ1) is 17.4. The molecule has 0 aliphatic carbocycles. The third-order valence-electron chi connectivity index (χ3n) is 5.74. The molecule has 4 aromatic rings. The van der Waals surface area contributed by atoms with E-state index in [1.807, 2.05) is 18.2 Å². The van der Waals surface area contributed by atoms with E-state index in [1.54, 1.807) is 18.6 Å². The fourth-order valence-electron chi connectivity index (χ4n) is 4.00. The first-order valence-electron chi connectivity index (χ1n) is 11.0. The Bertz CT molecular complexity index is 1550. The van der Waals surface area contributed by atoms with Crippen molar-refractivity contribution in [2.75, 3.05) is 38.2 Å². The molecule has 1 aliphatic rings. The lowest BCUT2D eigenvalue weighted by atomic mass is 10.0. The van der Waals surface area contributed by atoms with Crippen molar-refractivity contribution in [2.45, 2.75) is 9.79 Å². The van der Waals surface area contributed by atoms with Crippen LogP contribution in [0.15, 0.2) is 64.8 Å². The van der Waals surface area contributed by atoms with E-state index in [1.165, 1.54) is 7.11 Å². The van der Waals surface area contributed by atoms with Crippen LogP contribution in [0.5, 0.6) is 5.88 Å². The summed E-state index contributed by atoms with van der Waals surface area (Å²) >= 11 is 0. The van der Waals surface area contributed by atoms with Crippen LogP contribution in [0.4, 0.5) is 14.6 Å². The van der Waals surface area contributed by atoms with Gasteiger partial charge in [-0.1, -0.05) is 6.07 Å². The second-order valence-corrected chi connectivity index (χ2v) is 11.8. The minimum Gasteiger partial charge on any atom is -0.480 e. The van der Waals surface area contributed by atoms with Gasteiger partial charge in [-0.05, 0) is 35.9 Å². The molecule has 8 nitrogen and oxygen atoms in total. The Morgan fingerprint density at radius 2 is 1.81 bits per heavy atom. The predicted octanol–water partition coefficient (Wildman–Crippen LogP) is 3.87. The number of anilines is 1. The summed E-state index contributed by atoms with van der Waals surface area (Å²) in [6, 6.07) is 9.63. The number of methoxy groups -OCH3 is 1. The molecule has 0 bridgehead atoms. The predicted molar refractivity (Wildman–Crippen MR) is 134 cm³/mol. The van der Waals surface area contributed by atoms with Crippen molar-refractivity contribution in [2.24, 2.45) is 0 Å². The molecule has 186 valence electrons. The van der Waals surface area contributed by atoms with Crippen LogP contribution in [0.25, 0.3) is 22.0 Å². The van der Waals surface area contributed by atoms with E-state index in [0.717, 1.165) is 60.6 Å². The highest BCUT2D eigenvalue weighted by molar-refractivity contribution is 8.72. The van der Waals surface area contributed by atoms with E-state index in [0.29, 0.717) is 22.4 Å². The molecule has 1 N–H and O–H groups in total. The Hall–Kier alpha value is -3.35. The highest BCUT2D eigenvalue weighted by Gasteiger charge is 2.24. The van der Waals surface area contributed by atoms with Gasteiger partial charge in [0.25, 0.3) is 0 Å². The molecule has 3 heterocycles. The van der Waals surface area contributed by atoms with Crippen molar-refractivity contribution in [3.63, 3.8) is 0 Å². The maximum atomic E-state index is 14.2. The number of hydrogen-bond acceptors (Lipinski definition) is 9. The van der Waals surface area contributed by atoms with Crippen molar-refractivity contribution in [1.29, 1.82) is 0 Å². The van der Waals surface area contributed by atoms with Gasteiger partial charge < -0.3 is 15.0 Å². The molecule has 2 aromatic heterocycles. The summed E-state index contributed by atoms with van der Waals surface area (Å²) < 4.78 is 58.6. The molecule has 36 heavy (non-hydrogen) atoms. The van der Waals surface area contributed by atoms with Gasteiger partial charge in [-0.3, -0.25) is 0 Å². The third-order valence-corrected chi connectivity index (χ3v) is 9.04. The third kappa shape index (κ3) is 4.84. The molecule has 5 rings (SSSR count). The van der Waals surface area contributed by atoms with Crippen LogP contribution in [0.3, 0.4) is 0 Å². The number of piperazine rings is 1. The van der Waals surface area contributed by atoms with E-state index in [4.69, 9.17) is 4.74 Å². The molecule has 1 aliphatic heterocycles. The normalized spacial score (nSPS) is 14.2. The fourth-order valence-corrected chi connectivity index (χ4v) is 6.98. The van der Waals surface area contributed by atoms with E-state index < -0.39 is 25.4 Å². The van der Waals surface area contributed by atoms with Crippen molar-refractivity contribution >= 4 is 36.4 Å². The standard InChI is InChI=1S/C24H21F2N5O3S2/c1-34-24-21(35-36(32,33)22-5-3-17(25)12-19(22)26)11-16(13-28-24)15-2-4-20-18(10-15)23(30-14-29-20)31-8-6-27-7-9-31/h2-5,10-14,27H,6-9H2,1H3. The number of ether oxygens (including phenoxy) is 1. The highest BCUT2D eigenvalue weighted by Crippen LogP contribution is 2.39. The SMILES string of the molecule is COc1ncc(-c2ccc3ncnc(N4CCNCC4)c3c2)cc1SS(=O)(=O)c1ccc(F)cc1F. The molecule has 0 saturated carbocycles. The smallest absolute Gasteiger partial charge is 0.237 e. The first-order valence-corrected chi connectivity index (χ1v) is 13.8. The van der Waals surface area contributed by atoms with Crippen LogP contribution in [0, 0.1) is 11.6 Å². The van der Waals surface area contributed by atoms with Crippen LogP contribution in [0.1, 0.15) is 0 Å². The lowest BCUT2D eigenvalue weighted by Gasteiger charge is -2.29. The van der Waals surface area contributed by atoms with Gasteiger partial charge in [-0.25, -0.2) is 32.2 Å². The van der Waals surface area contributed by atoms with Crippen LogP contribution < -0.4 is 15.0 Å². The number of rotatable bonds is 6. The largest absolute Gasteiger partial charge is 0.480 e. The minimum atomic E-state index is -4.23. The summed E-state index contributed by atoms with van der Waals surface area (Å²) in [7, 11) is -2.47. The summed E-state index contributed by atoms with van der Waals surface area (Å²) in [5.74, 6) is -1.13. The van der Waals surface area contributed by atoms with Gasteiger partial charge in [0.1, 0.15) is 28.7 Å². The number of fused-ring (bicyclic) bond motifs is 1. The maximum absolute atomic E-state index is 14.2. The molecule has 0 radical (unpaired) electrons. The Balaban J connectivity index is 1.54. The van der Waals surface area contributed by atoms with Crippen molar-refractivity contribution in [3.8, 4) is 17.0 Å². The average Bonchev–Trinajstić information content (AvgIpc) is 2.88. The Labute approximate surface area is 210 Å². The lowest BCUT2D eigenvalue weighted by Crippen LogP contribution is -2.44. The highest BCUT2D eigenvalue weighted by atomic mass is 33.1. The van der Waals surface area contributed by atoms with Gasteiger partial charge in [0.2, 0.25) is 14.7 Å². The van der Waals surface area contributed by atoms with Crippen molar-refractivity contribution in [1.82, 2.24) is 20.3 Å². The van der Waals surface area contributed by atoms with Gasteiger partial charge in [0.15, 0.2) is 0 Å². The van der Waals surface area contributed by atoms with Crippen molar-refractivity contribution in [3.05, 3.63) is 66.6 Å². The fraction of sp³-hybridized carbons (Fsp3) is 0.208. The molecule has 1 saturated heterocycles. The van der Waals surface area contributed by atoms with Crippen LogP contribution in [-0.2, 0) is 8.87 Å². The van der Waals surface area contributed by atoms with E-state index in [2.05, 4.69) is 25.2 Å². The molecule has 0 spiro atoms. The number of halogens is 2. The molecule has 12 heteroatoms. The zero-order chi connectivity index (χ0) is 25.3. The number of nitrogens with one attached hydrogen (secondary N) is 1. The van der Waals surface area contributed by atoms with Gasteiger partial charge in [-0.2, -0.15) is 0 Å². The summed E-state index contributed by atoms with van der Waals surface area (Å²) in [4.78, 5) is 14.9. The monoisotopic (exact) mass is 529 g/mol. The quantitative estimate of drug-likeness (QED) is 0.373. The van der Waals surface area contributed by atoms with E-state index in [-0.39, 0.29) is 10.8 Å². The molecular formula is C24H21F2N5O3S2. The Morgan fingerprint density at radius 1 is 1.00 bits per heavy atom. The van der Waals surface area contributed by atoms with E-state index in [9.17, 15) is 17.2 Å². The summed E-state index contributed by atoms with van der Waals surface area (Å²) in [5.41, 5.74) is 2.19. The lowest BCUT2D eigenvalue weighted by molar-refractivity contribution is 0.387. The van der Waals surface area contributed by atoms with Gasteiger partial charge in [-0.15, -0.1) is 0 Å². The van der Waals surface area contributed by atoms with Crippen molar-refractivity contribution < 1.29 is 21.9 Å². The zero-order valence-electron chi connectivity index (χ0n) is 19.1. The zero-order valence-corrected chi connectivity index (χ0v) is 20.7. The van der Waals surface area contributed by atoms with E-state index >= 15 is 0 Å². The maximum Gasteiger partial charge on any atom is 0.237 e. The Morgan fingerprint density at radius 3 is 2.56 bits per heavy atom. The molecule has 0 unspecified atom stereocenters. The molecule has 0 amide bonds. The second-order valence-electron chi connectivity index (χ2n) is 8.01. The topological polar surface area (TPSA) is 97.3 Å². The molecule has 0 atom stereocenters. The molecular weight excluding hydrogens is 508 g/mol. The number of nitrogens with zero attached hydrogens (tertiary/aromatic N) is 4. The minimum absolute atomic E-state index is 0.0699. The second kappa shape index (κ2) is 9.96. The van der Waals surface area contributed by atoms with Crippen LogP contribution in [0.2, 0.25) is 0 Å². The number of pyridine rings is 1. The van der Waals surface area contributed by atoms with Gasteiger partial charge in [0, 0.05) is 60.2 Å².